The number of aliphatic imine (C=N–C) groups is 1. The lowest BCUT2D eigenvalue weighted by atomic mass is 9.78. The van der Waals surface area contributed by atoms with Gasteiger partial charge in [-0.2, -0.15) is 0 Å². The lowest BCUT2D eigenvalue weighted by Crippen LogP contribution is -2.32. The largest absolute Gasteiger partial charge is 0.376 e. The van der Waals surface area contributed by atoms with Crippen LogP contribution in [0.25, 0.3) is 0 Å². The molecule has 0 fully saturated rings. The molecule has 1 aliphatic rings. The molecule has 3 aromatic carbocycles. The van der Waals surface area contributed by atoms with Crippen LogP contribution in [0.3, 0.4) is 0 Å². The van der Waals surface area contributed by atoms with Gasteiger partial charge in [0, 0.05) is 17.7 Å². The topological polar surface area (TPSA) is 44.6 Å². The molecule has 0 unspecified atom stereocenters. The monoisotopic (exact) mass is 328 g/mol. The molecule has 1 heterocycles. The first-order chi connectivity index (χ1) is 12.3. The Labute approximate surface area is 147 Å². The van der Waals surface area contributed by atoms with E-state index in [0.29, 0.717) is 0 Å². The van der Waals surface area contributed by atoms with E-state index in [1.54, 1.807) is 0 Å². The predicted octanol–water partition coefficient (Wildman–Crippen LogP) is 3.32. The summed E-state index contributed by atoms with van der Waals surface area (Å²) in [5.74, 6) is 0.848. The zero-order chi connectivity index (χ0) is 17.1. The number of nitrogens with one attached hydrogen (secondary N) is 1. The van der Waals surface area contributed by atoms with Gasteiger partial charge in [-0.15, -0.1) is 0 Å². The molecular weight excluding hydrogens is 308 g/mol. The maximum absolute atomic E-state index is 12.0. The fraction of sp³-hybridized carbons (Fsp3) is 0.136. The Morgan fingerprint density at radius 3 is 1.88 bits per heavy atom. The van der Waals surface area contributed by atoms with Crippen LogP contribution in [0.4, 0.5) is 0 Å². The van der Waals surface area contributed by atoms with E-state index in [2.05, 4.69) is 10.3 Å². The molecule has 25 heavy (non-hydrogen) atoms. The molecule has 0 spiro atoms. The van der Waals surface area contributed by atoms with Crippen molar-refractivity contribution in [1.29, 1.82) is 0 Å². The highest BCUT2D eigenvalue weighted by molar-refractivity contribution is 6.01. The second-order valence-corrected chi connectivity index (χ2v) is 6.15. The molecule has 3 heteroatoms. The molecule has 0 radical (unpaired) electrons. The highest BCUT2D eigenvalue weighted by Gasteiger charge is 2.36. The summed E-state index contributed by atoms with van der Waals surface area (Å²) in [5, 5.41) is 15.3. The average molecular weight is 328 g/mol. The molecular formula is C22H20N2O. The summed E-state index contributed by atoms with van der Waals surface area (Å²) in [5.41, 5.74) is 2.21. The van der Waals surface area contributed by atoms with Gasteiger partial charge in [-0.3, -0.25) is 4.99 Å². The first-order valence-electron chi connectivity index (χ1n) is 8.52. The van der Waals surface area contributed by atoms with Crippen LogP contribution in [0, 0.1) is 0 Å². The molecule has 2 N–H and O–H groups in total. The van der Waals surface area contributed by atoms with Crippen LogP contribution < -0.4 is 5.32 Å². The van der Waals surface area contributed by atoms with Crippen LogP contribution in [0.2, 0.25) is 0 Å². The van der Waals surface area contributed by atoms with E-state index in [4.69, 9.17) is 0 Å². The van der Waals surface area contributed by atoms with E-state index in [1.807, 2.05) is 84.9 Å². The van der Waals surface area contributed by atoms with Crippen LogP contribution >= 0.6 is 0 Å². The van der Waals surface area contributed by atoms with E-state index >= 15 is 0 Å². The van der Waals surface area contributed by atoms with Crippen molar-refractivity contribution < 1.29 is 5.11 Å². The van der Waals surface area contributed by atoms with Crippen molar-refractivity contribution in [3.05, 3.63) is 107 Å². The van der Waals surface area contributed by atoms with Gasteiger partial charge in [0.2, 0.25) is 0 Å². The molecule has 0 saturated heterocycles. The van der Waals surface area contributed by atoms with Crippen LogP contribution in [-0.2, 0) is 5.60 Å². The van der Waals surface area contributed by atoms with E-state index < -0.39 is 5.60 Å². The van der Waals surface area contributed by atoms with Gasteiger partial charge in [-0.1, -0.05) is 84.9 Å². The third-order valence-electron chi connectivity index (χ3n) is 4.63. The summed E-state index contributed by atoms with van der Waals surface area (Å²) >= 11 is 0. The standard InChI is InChI=1S/C22H20N2O/c25-22(17-9-3-1-4-10-17,18-11-5-2-6-12-18)20-14-8-7-13-19(20)21-23-15-16-24-21/h1-14,25H,15-16H2,(H,23,24). The zero-order valence-corrected chi connectivity index (χ0v) is 13.9. The molecule has 3 nitrogen and oxygen atoms in total. The van der Waals surface area contributed by atoms with Gasteiger partial charge in [0.15, 0.2) is 0 Å². The minimum Gasteiger partial charge on any atom is -0.376 e. The minimum absolute atomic E-state index is 0.763. The Morgan fingerprint density at radius 2 is 1.32 bits per heavy atom. The molecule has 0 aromatic heterocycles. The molecule has 1 aliphatic heterocycles. The van der Waals surface area contributed by atoms with Crippen molar-refractivity contribution >= 4 is 5.84 Å². The van der Waals surface area contributed by atoms with Gasteiger partial charge < -0.3 is 10.4 Å². The summed E-state index contributed by atoms with van der Waals surface area (Å²) in [6.45, 7) is 1.59. The molecule has 0 amide bonds. The van der Waals surface area contributed by atoms with Crippen LogP contribution in [0.5, 0.6) is 0 Å². The fourth-order valence-electron chi connectivity index (χ4n) is 3.42. The number of benzene rings is 3. The number of hydrogen-bond acceptors (Lipinski definition) is 3. The number of rotatable bonds is 4. The van der Waals surface area contributed by atoms with Gasteiger partial charge in [0.25, 0.3) is 0 Å². The van der Waals surface area contributed by atoms with Gasteiger partial charge in [-0.05, 0) is 11.1 Å². The maximum Gasteiger partial charge on any atom is 0.141 e. The van der Waals surface area contributed by atoms with Gasteiger partial charge in [0.05, 0.1) is 6.54 Å². The fourth-order valence-corrected chi connectivity index (χ4v) is 3.42. The molecule has 4 rings (SSSR count). The normalized spacial score (nSPS) is 14.0. The molecule has 0 bridgehead atoms. The Hall–Kier alpha value is -2.91. The second kappa shape index (κ2) is 6.54. The van der Waals surface area contributed by atoms with Crippen LogP contribution in [0.1, 0.15) is 22.3 Å². The summed E-state index contributed by atoms with van der Waals surface area (Å²) in [6, 6.07) is 27.6. The van der Waals surface area contributed by atoms with E-state index in [0.717, 1.165) is 41.2 Å². The SMILES string of the molecule is OC(c1ccccc1)(c1ccccc1)c1ccccc1C1=NCCN1. The average Bonchev–Trinajstić information content (AvgIpc) is 3.23. The quantitative estimate of drug-likeness (QED) is 0.722. The van der Waals surface area contributed by atoms with E-state index in [-0.39, 0.29) is 0 Å². The number of aliphatic hydroxyl groups is 1. The number of nitrogens with zero attached hydrogens (tertiary/aromatic N) is 1. The Bertz CT molecular complexity index is 849. The van der Waals surface area contributed by atoms with Crippen molar-refractivity contribution in [2.45, 2.75) is 5.60 Å². The smallest absolute Gasteiger partial charge is 0.141 e. The van der Waals surface area contributed by atoms with Crippen molar-refractivity contribution in [3.8, 4) is 0 Å². The third-order valence-corrected chi connectivity index (χ3v) is 4.63. The Balaban J connectivity index is 1.98. The second-order valence-electron chi connectivity index (χ2n) is 6.15. The van der Waals surface area contributed by atoms with Crippen molar-refractivity contribution in [1.82, 2.24) is 5.32 Å². The molecule has 0 saturated carbocycles. The summed E-state index contributed by atoms with van der Waals surface area (Å²) in [6.07, 6.45) is 0. The van der Waals surface area contributed by atoms with E-state index in [9.17, 15) is 5.11 Å². The highest BCUT2D eigenvalue weighted by atomic mass is 16.3. The van der Waals surface area contributed by atoms with Gasteiger partial charge in [-0.25, -0.2) is 0 Å². The molecule has 0 atom stereocenters. The first kappa shape index (κ1) is 15.6. The molecule has 3 aromatic rings. The van der Waals surface area contributed by atoms with Gasteiger partial charge in [0.1, 0.15) is 11.4 Å². The zero-order valence-electron chi connectivity index (χ0n) is 13.9. The van der Waals surface area contributed by atoms with Crippen LogP contribution in [-0.4, -0.2) is 24.0 Å². The van der Waals surface area contributed by atoms with E-state index in [1.165, 1.54) is 0 Å². The van der Waals surface area contributed by atoms with Crippen molar-refractivity contribution in [3.63, 3.8) is 0 Å². The minimum atomic E-state index is -1.24. The molecule has 124 valence electrons. The lowest BCUT2D eigenvalue weighted by molar-refractivity contribution is 0.125. The Morgan fingerprint density at radius 1 is 0.760 bits per heavy atom. The summed E-state index contributed by atoms with van der Waals surface area (Å²) < 4.78 is 0. The maximum atomic E-state index is 12.0. The molecule has 0 aliphatic carbocycles. The van der Waals surface area contributed by atoms with Crippen molar-refractivity contribution in [2.75, 3.05) is 13.1 Å². The highest BCUT2D eigenvalue weighted by Crippen LogP contribution is 2.38. The third kappa shape index (κ3) is 2.73. The number of amidine groups is 1. The van der Waals surface area contributed by atoms with Gasteiger partial charge >= 0.3 is 0 Å². The summed E-state index contributed by atoms with van der Waals surface area (Å²) in [4.78, 5) is 4.56. The lowest BCUT2D eigenvalue weighted by Gasteiger charge is -2.32. The predicted molar refractivity (Wildman–Crippen MR) is 101 cm³/mol. The van der Waals surface area contributed by atoms with Crippen LogP contribution in [0.15, 0.2) is 89.9 Å². The number of hydrogen-bond donors (Lipinski definition) is 2. The first-order valence-corrected chi connectivity index (χ1v) is 8.52. The Kier molecular flexibility index (Phi) is 4.08. The summed E-state index contributed by atoms with van der Waals surface area (Å²) in [7, 11) is 0. The van der Waals surface area contributed by atoms with Crippen molar-refractivity contribution in [2.24, 2.45) is 4.99 Å².